The van der Waals surface area contributed by atoms with Crippen LogP contribution in [0.1, 0.15) is 22.3 Å². The fraction of sp³-hybridized carbons (Fsp3) is 0.0169. The van der Waals surface area contributed by atoms with Crippen molar-refractivity contribution in [1.82, 2.24) is 0 Å². The molecule has 286 valence electrons. The first-order valence-corrected chi connectivity index (χ1v) is 21.8. The number of fused-ring (bicyclic) bond motifs is 7. The van der Waals surface area contributed by atoms with Gasteiger partial charge in [0.2, 0.25) is 0 Å². The zero-order chi connectivity index (χ0) is 40.3. The average molecular weight is 794 g/mol. The van der Waals surface area contributed by atoms with Crippen LogP contribution in [0.4, 0.5) is 17.1 Å². The second-order valence-corrected chi connectivity index (χ2v) is 17.1. The smallest absolute Gasteiger partial charge is 0.0714 e. The lowest BCUT2D eigenvalue weighted by molar-refractivity contribution is 0.768. The Labute approximate surface area is 360 Å². The third-order valence-electron chi connectivity index (χ3n) is 12.7. The predicted molar refractivity (Wildman–Crippen MR) is 260 cm³/mol. The van der Waals surface area contributed by atoms with Gasteiger partial charge in [0.05, 0.1) is 5.41 Å². The zero-order valence-corrected chi connectivity index (χ0v) is 34.2. The molecule has 12 rings (SSSR count). The van der Waals surface area contributed by atoms with Crippen molar-refractivity contribution in [2.24, 2.45) is 0 Å². The van der Waals surface area contributed by atoms with Crippen LogP contribution in [0.5, 0.6) is 0 Å². The molecule has 0 aliphatic heterocycles. The Morgan fingerprint density at radius 3 is 1.70 bits per heavy atom. The Morgan fingerprint density at radius 1 is 0.311 bits per heavy atom. The van der Waals surface area contributed by atoms with E-state index in [1.807, 2.05) is 11.3 Å². The van der Waals surface area contributed by atoms with Gasteiger partial charge in [-0.05, 0) is 121 Å². The van der Waals surface area contributed by atoms with Gasteiger partial charge >= 0.3 is 0 Å². The number of nitrogens with zero attached hydrogens (tertiary/aromatic N) is 1. The van der Waals surface area contributed by atoms with Gasteiger partial charge in [-0.15, -0.1) is 11.3 Å². The number of benzene rings is 10. The van der Waals surface area contributed by atoms with Gasteiger partial charge < -0.3 is 4.90 Å². The summed E-state index contributed by atoms with van der Waals surface area (Å²) in [6.07, 6.45) is 0. The number of hydrogen-bond acceptors (Lipinski definition) is 2. The van der Waals surface area contributed by atoms with Crippen molar-refractivity contribution in [2.45, 2.75) is 5.41 Å². The number of thiophene rings is 1. The summed E-state index contributed by atoms with van der Waals surface area (Å²) in [7, 11) is 0. The average Bonchev–Trinajstić information content (AvgIpc) is 3.85. The summed E-state index contributed by atoms with van der Waals surface area (Å²) in [4.78, 5) is 2.47. The van der Waals surface area contributed by atoms with Crippen LogP contribution in [0.15, 0.2) is 237 Å². The fourth-order valence-electron chi connectivity index (χ4n) is 10.0. The summed E-state index contributed by atoms with van der Waals surface area (Å²) >= 11 is 1.86. The minimum atomic E-state index is -0.506. The van der Waals surface area contributed by atoms with Crippen LogP contribution in [0.3, 0.4) is 0 Å². The van der Waals surface area contributed by atoms with E-state index in [-0.39, 0.29) is 0 Å². The van der Waals surface area contributed by atoms with Crippen LogP contribution < -0.4 is 4.90 Å². The summed E-state index contributed by atoms with van der Waals surface area (Å²) in [5.41, 5.74) is 15.3. The van der Waals surface area contributed by atoms with Crippen molar-refractivity contribution < 1.29 is 0 Å². The Balaban J connectivity index is 1.08. The van der Waals surface area contributed by atoms with E-state index >= 15 is 0 Å². The van der Waals surface area contributed by atoms with E-state index in [0.29, 0.717) is 0 Å². The van der Waals surface area contributed by atoms with Gasteiger partial charge in [0.15, 0.2) is 0 Å². The van der Waals surface area contributed by atoms with Crippen LogP contribution in [0.2, 0.25) is 0 Å². The maximum absolute atomic E-state index is 2.47. The van der Waals surface area contributed by atoms with Gasteiger partial charge in [-0.25, -0.2) is 0 Å². The van der Waals surface area contributed by atoms with Gasteiger partial charge in [-0.1, -0.05) is 182 Å². The molecule has 1 nitrogen and oxygen atoms in total. The molecule has 0 spiro atoms. The number of anilines is 3. The lowest BCUT2D eigenvalue weighted by Crippen LogP contribution is -2.28. The van der Waals surface area contributed by atoms with Crippen molar-refractivity contribution >= 4 is 59.3 Å². The van der Waals surface area contributed by atoms with E-state index in [0.717, 1.165) is 17.1 Å². The maximum atomic E-state index is 2.47. The molecular formula is C59H39NS. The molecule has 11 aromatic rings. The maximum Gasteiger partial charge on any atom is 0.0714 e. The zero-order valence-electron chi connectivity index (χ0n) is 33.4. The Kier molecular flexibility index (Phi) is 8.33. The van der Waals surface area contributed by atoms with Gasteiger partial charge in [0.1, 0.15) is 0 Å². The van der Waals surface area contributed by atoms with Crippen LogP contribution in [-0.2, 0) is 5.41 Å². The third kappa shape index (κ3) is 5.68. The molecule has 1 aliphatic carbocycles. The van der Waals surface area contributed by atoms with Gasteiger partial charge in [-0.3, -0.25) is 0 Å². The fourth-order valence-corrected chi connectivity index (χ4v) is 11.1. The molecular weight excluding hydrogens is 755 g/mol. The summed E-state index contributed by atoms with van der Waals surface area (Å²) in [5.74, 6) is 0. The molecule has 0 bridgehead atoms. The van der Waals surface area contributed by atoms with Gasteiger partial charge in [-0.2, -0.15) is 0 Å². The Hall–Kier alpha value is -7.52. The van der Waals surface area contributed by atoms with Crippen molar-refractivity contribution in [1.29, 1.82) is 0 Å². The van der Waals surface area contributed by atoms with Crippen LogP contribution in [0.25, 0.3) is 64.3 Å². The van der Waals surface area contributed by atoms with E-state index in [1.54, 1.807) is 0 Å². The molecule has 0 radical (unpaired) electrons. The van der Waals surface area contributed by atoms with Gasteiger partial charge in [0.25, 0.3) is 0 Å². The molecule has 1 heterocycles. The quantitative estimate of drug-likeness (QED) is 0.155. The largest absolute Gasteiger partial charge is 0.310 e. The van der Waals surface area contributed by atoms with E-state index in [9.17, 15) is 0 Å². The van der Waals surface area contributed by atoms with Crippen LogP contribution >= 0.6 is 11.3 Å². The predicted octanol–water partition coefficient (Wildman–Crippen LogP) is 16.4. The van der Waals surface area contributed by atoms with E-state index in [4.69, 9.17) is 0 Å². The summed E-state index contributed by atoms with van der Waals surface area (Å²) in [6, 6.07) is 87.4. The summed E-state index contributed by atoms with van der Waals surface area (Å²) in [5, 5.41) is 5.08. The number of rotatable bonds is 7. The highest BCUT2D eigenvalue weighted by Gasteiger charge is 2.46. The second kappa shape index (κ2) is 14.3. The monoisotopic (exact) mass is 793 g/mol. The van der Waals surface area contributed by atoms with Crippen LogP contribution in [0, 0.1) is 0 Å². The molecule has 0 amide bonds. The molecule has 61 heavy (non-hydrogen) atoms. The minimum Gasteiger partial charge on any atom is -0.310 e. The molecule has 0 saturated heterocycles. The highest BCUT2D eigenvalue weighted by atomic mass is 32.1. The highest BCUT2D eigenvalue weighted by molar-refractivity contribution is 7.25. The standard InChI is InChI=1S/C59H39NS/c1-3-21-44(22-4-1)59(45-23-5-2-6-24-45)55-30-11-9-27-51(55)52-34-32-48(39-56(52)59)60(47-33-35-58-54(38-47)53-28-10-12-31-57(53)61-58)46-25-14-19-42(37-46)41-18-13-20-43(36-41)50-29-15-17-40-16-7-8-26-49(40)50/h1-39H. The van der Waals surface area contributed by atoms with Crippen molar-refractivity contribution in [3.8, 4) is 33.4 Å². The lowest BCUT2D eigenvalue weighted by atomic mass is 9.67. The van der Waals surface area contributed by atoms with E-state index in [1.165, 1.54) is 86.6 Å². The highest BCUT2D eigenvalue weighted by Crippen LogP contribution is 2.57. The van der Waals surface area contributed by atoms with Crippen molar-refractivity contribution in [3.63, 3.8) is 0 Å². The molecule has 0 fully saturated rings. The van der Waals surface area contributed by atoms with E-state index in [2.05, 4.69) is 241 Å². The van der Waals surface area contributed by atoms with E-state index < -0.39 is 5.41 Å². The Morgan fingerprint density at radius 2 is 0.869 bits per heavy atom. The second-order valence-electron chi connectivity index (χ2n) is 16.0. The third-order valence-corrected chi connectivity index (χ3v) is 13.9. The molecule has 1 aliphatic rings. The molecule has 0 N–H and O–H groups in total. The first-order chi connectivity index (χ1) is 30.2. The molecule has 10 aromatic carbocycles. The summed E-state index contributed by atoms with van der Waals surface area (Å²) < 4.78 is 2.60. The summed E-state index contributed by atoms with van der Waals surface area (Å²) in [6.45, 7) is 0. The van der Waals surface area contributed by atoms with Gasteiger partial charge in [0, 0.05) is 37.2 Å². The first-order valence-electron chi connectivity index (χ1n) is 21.0. The molecule has 0 unspecified atom stereocenters. The molecule has 2 heteroatoms. The normalized spacial score (nSPS) is 12.7. The molecule has 0 atom stereocenters. The topological polar surface area (TPSA) is 3.24 Å². The Bertz CT molecular complexity index is 3390. The molecule has 0 saturated carbocycles. The number of hydrogen-bond donors (Lipinski definition) is 0. The molecule has 1 aromatic heterocycles. The SMILES string of the molecule is c1ccc(C2(c3ccccc3)c3ccccc3-c3ccc(N(c4cccc(-c5cccc(-c6cccc7ccccc67)c5)c4)c4ccc5sc6ccccc6c5c4)cc32)cc1. The van der Waals surface area contributed by atoms with Crippen LogP contribution in [-0.4, -0.2) is 0 Å². The lowest BCUT2D eigenvalue weighted by Gasteiger charge is -2.35. The van der Waals surface area contributed by atoms with Crippen molar-refractivity contribution in [3.05, 3.63) is 259 Å². The minimum absolute atomic E-state index is 0.506. The van der Waals surface area contributed by atoms with Crippen molar-refractivity contribution in [2.75, 3.05) is 4.90 Å². The first kappa shape index (κ1) is 35.4.